The van der Waals surface area contributed by atoms with Gasteiger partial charge in [0.2, 0.25) is 0 Å². The lowest BCUT2D eigenvalue weighted by Crippen LogP contribution is -2.14. The van der Waals surface area contributed by atoms with Crippen molar-refractivity contribution >= 4 is 11.8 Å². The molecule has 1 aromatic rings. The van der Waals surface area contributed by atoms with Gasteiger partial charge in [-0.15, -0.1) is 0 Å². The smallest absolute Gasteiger partial charge is 0.0150 e. The lowest BCUT2D eigenvalue weighted by Gasteiger charge is -2.22. The second-order valence-corrected chi connectivity index (χ2v) is 7.18. The maximum absolute atomic E-state index is 2.45. The van der Waals surface area contributed by atoms with Crippen molar-refractivity contribution in [1.82, 2.24) is 0 Å². The summed E-state index contributed by atoms with van der Waals surface area (Å²) in [4.78, 5) is 0. The van der Waals surface area contributed by atoms with E-state index in [4.69, 9.17) is 0 Å². The summed E-state index contributed by atoms with van der Waals surface area (Å²) in [5.74, 6) is 2.67. The highest BCUT2D eigenvalue weighted by molar-refractivity contribution is 8.00. The molecule has 5 atom stereocenters. The van der Waals surface area contributed by atoms with Crippen molar-refractivity contribution in [2.75, 3.05) is 0 Å². The number of rotatable bonds is 1. The first kappa shape index (κ1) is 10.7. The number of fused-ring (bicyclic) bond motifs is 1. The fraction of sp³-hybridized carbons (Fsp3) is 0.600. The summed E-state index contributed by atoms with van der Waals surface area (Å²) in [6.45, 7) is 4.84. The van der Waals surface area contributed by atoms with Gasteiger partial charge < -0.3 is 0 Å². The van der Waals surface area contributed by atoms with Crippen LogP contribution in [0.1, 0.15) is 38.2 Å². The molecule has 1 aliphatic heterocycles. The predicted molar refractivity (Wildman–Crippen MR) is 71.9 cm³/mol. The maximum atomic E-state index is 2.45. The minimum Gasteiger partial charge on any atom is -0.155 e. The van der Waals surface area contributed by atoms with E-state index in [-0.39, 0.29) is 0 Å². The van der Waals surface area contributed by atoms with Crippen molar-refractivity contribution in [2.24, 2.45) is 11.8 Å². The average molecular weight is 232 g/mol. The van der Waals surface area contributed by atoms with Crippen LogP contribution in [-0.4, -0.2) is 10.5 Å². The van der Waals surface area contributed by atoms with Crippen molar-refractivity contribution in [3.63, 3.8) is 0 Å². The van der Waals surface area contributed by atoms with Crippen LogP contribution in [0.4, 0.5) is 0 Å². The van der Waals surface area contributed by atoms with Crippen molar-refractivity contribution in [2.45, 2.75) is 43.1 Å². The van der Waals surface area contributed by atoms with E-state index in [1.807, 2.05) is 0 Å². The van der Waals surface area contributed by atoms with Gasteiger partial charge in [-0.2, -0.15) is 11.8 Å². The van der Waals surface area contributed by atoms with Gasteiger partial charge in [0.15, 0.2) is 0 Å². The zero-order valence-corrected chi connectivity index (χ0v) is 10.9. The van der Waals surface area contributed by atoms with Gasteiger partial charge in [0.1, 0.15) is 0 Å². The third kappa shape index (κ3) is 1.69. The Bertz CT molecular complexity index is 359. The molecular formula is C15H20S. The van der Waals surface area contributed by atoms with Gasteiger partial charge >= 0.3 is 0 Å². The van der Waals surface area contributed by atoms with Gasteiger partial charge in [-0.05, 0) is 36.2 Å². The first-order chi connectivity index (χ1) is 7.75. The molecule has 2 fully saturated rings. The van der Waals surface area contributed by atoms with E-state index in [9.17, 15) is 0 Å². The first-order valence-corrected chi connectivity index (χ1v) is 7.40. The summed E-state index contributed by atoms with van der Waals surface area (Å²) in [5.41, 5.74) is 1.57. The van der Waals surface area contributed by atoms with Crippen molar-refractivity contribution < 1.29 is 0 Å². The van der Waals surface area contributed by atoms with Crippen molar-refractivity contribution in [3.05, 3.63) is 35.9 Å². The molecule has 0 spiro atoms. The highest BCUT2D eigenvalue weighted by Gasteiger charge is 2.46. The van der Waals surface area contributed by atoms with Crippen molar-refractivity contribution in [3.8, 4) is 0 Å². The largest absolute Gasteiger partial charge is 0.155 e. The highest BCUT2D eigenvalue weighted by atomic mass is 32.2. The first-order valence-electron chi connectivity index (χ1n) is 6.46. The van der Waals surface area contributed by atoms with E-state index in [0.717, 1.165) is 28.3 Å². The topological polar surface area (TPSA) is 0 Å². The zero-order valence-electron chi connectivity index (χ0n) is 10.1. The van der Waals surface area contributed by atoms with E-state index >= 15 is 0 Å². The van der Waals surface area contributed by atoms with Gasteiger partial charge in [0.05, 0.1) is 0 Å². The molecule has 0 N–H and O–H groups in total. The van der Waals surface area contributed by atoms with Gasteiger partial charge in [-0.1, -0.05) is 44.2 Å². The van der Waals surface area contributed by atoms with Gasteiger partial charge in [0.25, 0.3) is 0 Å². The molecule has 0 radical (unpaired) electrons. The number of hydrogen-bond acceptors (Lipinski definition) is 1. The maximum Gasteiger partial charge on any atom is 0.0150 e. The number of thioether (sulfide) groups is 1. The summed E-state index contributed by atoms with van der Waals surface area (Å²) in [6.07, 6.45) is 2.89. The van der Waals surface area contributed by atoms with Crippen LogP contribution in [0.3, 0.4) is 0 Å². The molecule has 1 saturated heterocycles. The average Bonchev–Trinajstić information content (AvgIpc) is 2.74. The Morgan fingerprint density at radius 3 is 2.56 bits per heavy atom. The Labute approximate surface area is 103 Å². The number of benzene rings is 1. The summed E-state index contributed by atoms with van der Waals surface area (Å²) in [5, 5.41) is 1.78. The Balaban J connectivity index is 1.89. The standard InChI is InChI=1S/C15H20S/c1-10-8-13-9-11(2)16-15(13)14(10)12-6-4-3-5-7-12/h3-7,10-11,13-15H,8-9H2,1-2H3. The third-order valence-corrected chi connectivity index (χ3v) is 5.96. The third-order valence-electron chi connectivity index (χ3n) is 4.31. The minimum absolute atomic E-state index is 0.807. The summed E-state index contributed by atoms with van der Waals surface area (Å²) in [6, 6.07) is 11.2. The van der Waals surface area contributed by atoms with Crippen LogP contribution in [-0.2, 0) is 0 Å². The van der Waals surface area contributed by atoms with Crippen molar-refractivity contribution in [1.29, 1.82) is 0 Å². The van der Waals surface area contributed by atoms with Crippen LogP contribution in [0.25, 0.3) is 0 Å². The lowest BCUT2D eigenvalue weighted by molar-refractivity contribution is 0.494. The van der Waals surface area contributed by atoms with Gasteiger partial charge in [-0.25, -0.2) is 0 Å². The second-order valence-electron chi connectivity index (χ2n) is 5.56. The fourth-order valence-corrected chi connectivity index (χ4v) is 5.68. The number of hydrogen-bond donors (Lipinski definition) is 0. The van der Waals surface area contributed by atoms with E-state index in [1.54, 1.807) is 5.56 Å². The Hall–Kier alpha value is -0.430. The fourth-order valence-electron chi connectivity index (χ4n) is 3.75. The lowest BCUT2D eigenvalue weighted by atomic mass is 9.90. The molecular weight excluding hydrogens is 212 g/mol. The van der Waals surface area contributed by atoms with E-state index in [2.05, 4.69) is 55.9 Å². The van der Waals surface area contributed by atoms with Crippen LogP contribution in [0, 0.1) is 11.8 Å². The molecule has 1 saturated carbocycles. The summed E-state index contributed by atoms with van der Waals surface area (Å²) in [7, 11) is 0. The molecule has 5 unspecified atom stereocenters. The minimum atomic E-state index is 0.807. The van der Waals surface area contributed by atoms with Gasteiger partial charge in [-0.3, -0.25) is 0 Å². The quantitative estimate of drug-likeness (QED) is 0.695. The Kier molecular flexibility index (Phi) is 2.75. The van der Waals surface area contributed by atoms with Crippen LogP contribution < -0.4 is 0 Å². The molecule has 0 aromatic heterocycles. The second kappa shape index (κ2) is 4.10. The predicted octanol–water partition coefficient (Wildman–Crippen LogP) is 4.32. The molecule has 0 amide bonds. The summed E-state index contributed by atoms with van der Waals surface area (Å²) >= 11 is 2.24. The van der Waals surface area contributed by atoms with E-state index in [1.165, 1.54) is 12.8 Å². The molecule has 86 valence electrons. The molecule has 1 aliphatic carbocycles. The molecule has 1 heteroatoms. The highest BCUT2D eigenvalue weighted by Crippen LogP contribution is 2.56. The molecule has 0 bridgehead atoms. The van der Waals surface area contributed by atoms with Crippen LogP contribution >= 0.6 is 11.8 Å². The molecule has 0 nitrogen and oxygen atoms in total. The van der Waals surface area contributed by atoms with E-state index < -0.39 is 0 Å². The SMILES string of the molecule is CC1CC2CC(C)C(c3ccccc3)C2S1. The molecule has 3 rings (SSSR count). The monoisotopic (exact) mass is 232 g/mol. The van der Waals surface area contributed by atoms with Gasteiger partial charge in [0, 0.05) is 10.5 Å². The summed E-state index contributed by atoms with van der Waals surface area (Å²) < 4.78 is 0. The molecule has 2 aliphatic rings. The Morgan fingerprint density at radius 2 is 1.81 bits per heavy atom. The molecule has 16 heavy (non-hydrogen) atoms. The molecule has 1 heterocycles. The van der Waals surface area contributed by atoms with Crippen LogP contribution in [0.5, 0.6) is 0 Å². The molecule has 1 aromatic carbocycles. The zero-order chi connectivity index (χ0) is 11.1. The normalized spacial score (nSPS) is 42.2. The van der Waals surface area contributed by atoms with Crippen LogP contribution in [0.2, 0.25) is 0 Å². The Morgan fingerprint density at radius 1 is 1.06 bits per heavy atom. The van der Waals surface area contributed by atoms with E-state index in [0.29, 0.717) is 0 Å². The van der Waals surface area contributed by atoms with Crippen LogP contribution in [0.15, 0.2) is 30.3 Å².